The van der Waals surface area contributed by atoms with E-state index in [9.17, 15) is 4.79 Å². The molecular weight excluding hydrogens is 280 g/mol. The molecule has 2 fully saturated rings. The number of H-pyrrole nitrogens is 1. The van der Waals surface area contributed by atoms with Gasteiger partial charge in [0.25, 0.3) is 0 Å². The summed E-state index contributed by atoms with van der Waals surface area (Å²) in [7, 11) is 0. The smallest absolute Gasteiger partial charge is 0.226 e. The maximum absolute atomic E-state index is 12.2. The van der Waals surface area contributed by atoms with Crippen LogP contribution in [0.3, 0.4) is 0 Å². The van der Waals surface area contributed by atoms with Crippen LogP contribution in [0.15, 0.2) is 6.33 Å². The fraction of sp³-hybridized carbons (Fsp3) is 0.750. The predicted octanol–water partition coefficient (Wildman–Crippen LogP) is 0.875. The normalized spacial score (nSPS) is 28.8. The average molecular weight is 306 g/mol. The largest absolute Gasteiger partial charge is 0.375 e. The Balaban J connectivity index is 1.51. The van der Waals surface area contributed by atoms with Gasteiger partial charge < -0.3 is 15.0 Å². The summed E-state index contributed by atoms with van der Waals surface area (Å²) in [6.45, 7) is 9.04. The van der Waals surface area contributed by atoms with E-state index >= 15 is 0 Å². The van der Waals surface area contributed by atoms with E-state index < -0.39 is 0 Å². The summed E-state index contributed by atoms with van der Waals surface area (Å²) < 4.78 is 5.94. The molecule has 2 aliphatic heterocycles. The zero-order chi connectivity index (χ0) is 15.7. The van der Waals surface area contributed by atoms with Crippen molar-refractivity contribution in [2.75, 3.05) is 19.7 Å². The van der Waals surface area contributed by atoms with Crippen molar-refractivity contribution in [1.29, 1.82) is 0 Å². The number of hydrogen-bond donors (Lipinski definition) is 2. The minimum atomic E-state index is 0.0568. The lowest BCUT2D eigenvalue weighted by molar-refractivity contribution is -0.121. The Labute approximate surface area is 131 Å². The van der Waals surface area contributed by atoms with Gasteiger partial charge in [-0.25, -0.2) is 4.98 Å². The van der Waals surface area contributed by atoms with Crippen molar-refractivity contribution in [3.05, 3.63) is 17.7 Å². The van der Waals surface area contributed by atoms with Crippen LogP contribution < -0.4 is 5.32 Å². The molecule has 122 valence electrons. The van der Waals surface area contributed by atoms with E-state index in [0.717, 1.165) is 37.5 Å². The van der Waals surface area contributed by atoms with E-state index in [2.05, 4.69) is 34.0 Å². The maximum atomic E-state index is 12.2. The van der Waals surface area contributed by atoms with Crippen LogP contribution in [0.1, 0.15) is 31.7 Å². The van der Waals surface area contributed by atoms with Gasteiger partial charge in [0, 0.05) is 30.9 Å². The summed E-state index contributed by atoms with van der Waals surface area (Å²) in [5, 5.41) is 3.15. The Morgan fingerprint density at radius 3 is 3.05 bits per heavy atom. The van der Waals surface area contributed by atoms with Crippen LogP contribution in [0.4, 0.5) is 0 Å². The summed E-state index contributed by atoms with van der Waals surface area (Å²) in [6.07, 6.45) is 3.28. The van der Waals surface area contributed by atoms with E-state index in [-0.39, 0.29) is 11.9 Å². The summed E-state index contributed by atoms with van der Waals surface area (Å²) >= 11 is 0. The summed E-state index contributed by atoms with van der Waals surface area (Å²) in [4.78, 5) is 21.8. The number of ether oxygens (including phenoxy) is 1. The van der Waals surface area contributed by atoms with Crippen molar-refractivity contribution < 1.29 is 9.53 Å². The number of morpholine rings is 1. The van der Waals surface area contributed by atoms with Crippen LogP contribution in [0, 0.1) is 12.8 Å². The molecule has 6 nitrogen and oxygen atoms in total. The van der Waals surface area contributed by atoms with Crippen molar-refractivity contribution in [3.63, 3.8) is 0 Å². The lowest BCUT2D eigenvalue weighted by Crippen LogP contribution is -2.48. The molecule has 0 aliphatic carbocycles. The van der Waals surface area contributed by atoms with Crippen molar-refractivity contribution >= 4 is 5.91 Å². The number of aromatic nitrogens is 2. The fourth-order valence-corrected chi connectivity index (χ4v) is 3.40. The van der Waals surface area contributed by atoms with Gasteiger partial charge in [0.15, 0.2) is 0 Å². The third-order valence-corrected chi connectivity index (χ3v) is 4.82. The van der Waals surface area contributed by atoms with Gasteiger partial charge in [-0.2, -0.15) is 0 Å². The van der Waals surface area contributed by atoms with Gasteiger partial charge in [-0.3, -0.25) is 9.69 Å². The van der Waals surface area contributed by atoms with E-state index in [1.807, 2.05) is 6.92 Å². The summed E-state index contributed by atoms with van der Waals surface area (Å²) in [5.74, 6) is 0.596. The molecule has 1 amide bonds. The molecule has 2 saturated heterocycles. The molecule has 3 heterocycles. The third-order valence-electron chi connectivity index (χ3n) is 4.82. The number of fused-ring (bicyclic) bond motifs is 1. The van der Waals surface area contributed by atoms with Gasteiger partial charge in [-0.1, -0.05) is 13.8 Å². The highest BCUT2D eigenvalue weighted by Crippen LogP contribution is 2.25. The molecule has 1 aromatic heterocycles. The van der Waals surface area contributed by atoms with Gasteiger partial charge in [-0.05, 0) is 19.3 Å². The minimum Gasteiger partial charge on any atom is -0.375 e. The Kier molecular flexibility index (Phi) is 4.49. The zero-order valence-corrected chi connectivity index (χ0v) is 13.6. The molecule has 3 atom stereocenters. The molecular formula is C16H26N4O2. The number of aryl methyl sites for hydroxylation is 1. The van der Waals surface area contributed by atoms with Crippen LogP contribution >= 0.6 is 0 Å². The summed E-state index contributed by atoms with van der Waals surface area (Å²) in [6, 6.07) is 0.679. The average Bonchev–Trinajstić information content (AvgIpc) is 3.04. The second kappa shape index (κ2) is 6.38. The topological polar surface area (TPSA) is 70.2 Å². The minimum absolute atomic E-state index is 0.0568. The molecule has 0 unspecified atom stereocenters. The summed E-state index contributed by atoms with van der Waals surface area (Å²) in [5.41, 5.74) is 1.79. The first-order valence-electron chi connectivity index (χ1n) is 8.16. The molecule has 0 radical (unpaired) electrons. The van der Waals surface area contributed by atoms with Crippen molar-refractivity contribution in [3.8, 4) is 0 Å². The standard InChI is InChI=1S/C16H26N4O2/c1-10(2)15-7-20-6-12(4-13(20)8-22-15)19-16(21)5-14-11(3)17-9-18-14/h9-10,12-13,15H,4-8H2,1-3H3,(H,17,18)(H,19,21)/t12-,13-,15-/m0/s1. The second-order valence-electron chi connectivity index (χ2n) is 6.87. The lowest BCUT2D eigenvalue weighted by Gasteiger charge is -2.36. The number of nitrogens with zero attached hydrogens (tertiary/aromatic N) is 2. The molecule has 2 aliphatic rings. The van der Waals surface area contributed by atoms with Gasteiger partial charge in [0.05, 0.1) is 31.2 Å². The van der Waals surface area contributed by atoms with Gasteiger partial charge >= 0.3 is 0 Å². The number of nitrogens with one attached hydrogen (secondary N) is 2. The number of hydrogen-bond acceptors (Lipinski definition) is 4. The van der Waals surface area contributed by atoms with Gasteiger partial charge in [0.1, 0.15) is 0 Å². The third kappa shape index (κ3) is 3.33. The van der Waals surface area contributed by atoms with E-state index in [4.69, 9.17) is 4.74 Å². The first-order valence-corrected chi connectivity index (χ1v) is 8.16. The molecule has 6 heteroatoms. The van der Waals surface area contributed by atoms with E-state index in [1.165, 1.54) is 0 Å². The predicted molar refractivity (Wildman–Crippen MR) is 83.5 cm³/mol. The Morgan fingerprint density at radius 2 is 2.36 bits per heavy atom. The first-order chi connectivity index (χ1) is 10.5. The van der Waals surface area contributed by atoms with Crippen molar-refractivity contribution in [1.82, 2.24) is 20.2 Å². The van der Waals surface area contributed by atoms with Crippen LogP contribution in [-0.2, 0) is 16.0 Å². The van der Waals surface area contributed by atoms with Crippen LogP contribution in [-0.4, -0.2) is 58.7 Å². The van der Waals surface area contributed by atoms with Gasteiger partial charge in [-0.15, -0.1) is 0 Å². The molecule has 22 heavy (non-hydrogen) atoms. The number of rotatable bonds is 4. The van der Waals surface area contributed by atoms with Crippen LogP contribution in [0.25, 0.3) is 0 Å². The van der Waals surface area contributed by atoms with Crippen molar-refractivity contribution in [2.45, 2.75) is 51.8 Å². The number of carbonyl (C=O) groups is 1. The number of aromatic amines is 1. The Bertz CT molecular complexity index is 528. The SMILES string of the molecule is Cc1[nH]cnc1CC(=O)N[C@H]1C[C@H]2CO[C@H](C(C)C)CN2C1. The van der Waals surface area contributed by atoms with Crippen LogP contribution in [0.2, 0.25) is 0 Å². The second-order valence-corrected chi connectivity index (χ2v) is 6.87. The van der Waals surface area contributed by atoms with Gasteiger partial charge in [0.2, 0.25) is 5.91 Å². The Hall–Kier alpha value is -1.40. The zero-order valence-electron chi connectivity index (χ0n) is 13.6. The highest BCUT2D eigenvalue weighted by molar-refractivity contribution is 5.78. The van der Waals surface area contributed by atoms with E-state index in [0.29, 0.717) is 24.5 Å². The van der Waals surface area contributed by atoms with E-state index in [1.54, 1.807) is 6.33 Å². The molecule has 2 N–H and O–H groups in total. The molecule has 3 rings (SSSR count). The molecule has 0 saturated carbocycles. The number of carbonyl (C=O) groups excluding carboxylic acids is 1. The molecule has 1 aromatic rings. The Morgan fingerprint density at radius 1 is 1.55 bits per heavy atom. The monoisotopic (exact) mass is 306 g/mol. The maximum Gasteiger partial charge on any atom is 0.226 e. The van der Waals surface area contributed by atoms with Crippen molar-refractivity contribution in [2.24, 2.45) is 5.92 Å². The number of amides is 1. The lowest BCUT2D eigenvalue weighted by atomic mass is 10.0. The highest BCUT2D eigenvalue weighted by Gasteiger charge is 2.38. The quantitative estimate of drug-likeness (QED) is 0.866. The van der Waals surface area contributed by atoms with Crippen LogP contribution in [0.5, 0.6) is 0 Å². The molecule has 0 spiro atoms. The molecule has 0 bridgehead atoms. The number of imidazole rings is 1. The fourth-order valence-electron chi connectivity index (χ4n) is 3.40. The highest BCUT2D eigenvalue weighted by atomic mass is 16.5. The molecule has 0 aromatic carbocycles. The first kappa shape index (κ1) is 15.5.